The third kappa shape index (κ3) is 2.05. The minimum atomic E-state index is 0.888. The van der Waals surface area contributed by atoms with Crippen molar-refractivity contribution < 1.29 is 0 Å². The maximum absolute atomic E-state index is 5.23. The van der Waals surface area contributed by atoms with Gasteiger partial charge in [-0.3, -0.25) is 0 Å². The summed E-state index contributed by atoms with van der Waals surface area (Å²) >= 11 is 5.23. The lowest BCUT2D eigenvalue weighted by Gasteiger charge is -2.13. The second-order valence-corrected chi connectivity index (χ2v) is 3.46. The van der Waals surface area contributed by atoms with Gasteiger partial charge in [-0.2, -0.15) is 0 Å². The van der Waals surface area contributed by atoms with Gasteiger partial charge in [0.25, 0.3) is 0 Å². The van der Waals surface area contributed by atoms with Crippen LogP contribution in [0.25, 0.3) is 0 Å². The van der Waals surface area contributed by atoms with E-state index in [4.69, 9.17) is 12.2 Å². The third-order valence-electron chi connectivity index (χ3n) is 1.67. The molecule has 1 rings (SSSR count). The Morgan fingerprint density at radius 1 is 1.33 bits per heavy atom. The third-order valence-corrected chi connectivity index (χ3v) is 2.27. The first-order chi connectivity index (χ1) is 5.61. The summed E-state index contributed by atoms with van der Waals surface area (Å²) in [5.41, 5.74) is 2.37. The van der Waals surface area contributed by atoms with Gasteiger partial charge in [0.2, 0.25) is 0 Å². The summed E-state index contributed by atoms with van der Waals surface area (Å²) in [6.07, 6.45) is 0. The molecule has 64 valence electrons. The molecule has 0 radical (unpaired) electrons. The Morgan fingerprint density at radius 3 is 2.50 bits per heavy atom. The molecule has 0 saturated carbocycles. The van der Waals surface area contributed by atoms with Gasteiger partial charge in [-0.05, 0) is 13.0 Å². The van der Waals surface area contributed by atoms with Gasteiger partial charge in [-0.25, -0.2) is 0 Å². The fraction of sp³-hybridized carbons (Fsp3) is 0.300. The van der Waals surface area contributed by atoms with Crippen molar-refractivity contribution in [1.29, 1.82) is 0 Å². The molecule has 12 heavy (non-hydrogen) atoms. The number of hydrogen-bond acceptors (Lipinski definition) is 1. The predicted molar refractivity (Wildman–Crippen MR) is 56.6 cm³/mol. The summed E-state index contributed by atoms with van der Waals surface area (Å²) in [7, 11) is 3.93. The lowest BCUT2D eigenvalue weighted by atomic mass is 10.1. The molecule has 0 aromatic heterocycles. The quantitative estimate of drug-likeness (QED) is 0.608. The highest BCUT2D eigenvalue weighted by molar-refractivity contribution is 7.80. The van der Waals surface area contributed by atoms with Crippen molar-refractivity contribution >= 4 is 17.2 Å². The van der Waals surface area contributed by atoms with Crippen LogP contribution >= 0.6 is 12.2 Å². The number of hydrogen-bond donors (Lipinski definition) is 0. The molecule has 0 atom stereocenters. The van der Waals surface area contributed by atoms with Crippen LogP contribution in [0.1, 0.15) is 11.1 Å². The molecular formula is C10H13NS. The van der Waals surface area contributed by atoms with E-state index in [0.29, 0.717) is 0 Å². The summed E-state index contributed by atoms with van der Waals surface area (Å²) in [5, 5.41) is 0. The largest absolute Gasteiger partial charge is 0.368 e. The van der Waals surface area contributed by atoms with Crippen molar-refractivity contribution in [2.45, 2.75) is 6.92 Å². The zero-order chi connectivity index (χ0) is 9.14. The Balaban J connectivity index is 2.96. The Hall–Kier alpha value is -0.890. The minimum Gasteiger partial charge on any atom is -0.368 e. The number of benzene rings is 1. The zero-order valence-corrected chi connectivity index (χ0v) is 8.48. The smallest absolute Gasteiger partial charge is 0.108 e. The molecule has 1 aromatic carbocycles. The summed E-state index contributed by atoms with van der Waals surface area (Å²) in [5.74, 6) is 0. The van der Waals surface area contributed by atoms with Gasteiger partial charge in [-0.15, -0.1) is 0 Å². The number of thiocarbonyl (C=S) groups is 1. The summed E-state index contributed by atoms with van der Waals surface area (Å²) in [6.45, 7) is 2.07. The van der Waals surface area contributed by atoms with E-state index < -0.39 is 0 Å². The fourth-order valence-corrected chi connectivity index (χ4v) is 1.16. The average Bonchev–Trinajstić information content (AvgIpc) is 2.03. The average molecular weight is 179 g/mol. The van der Waals surface area contributed by atoms with Gasteiger partial charge in [-0.1, -0.05) is 36.0 Å². The molecule has 0 N–H and O–H groups in total. The van der Waals surface area contributed by atoms with Gasteiger partial charge in [0.05, 0.1) is 0 Å². The van der Waals surface area contributed by atoms with Crippen LogP contribution < -0.4 is 0 Å². The summed E-state index contributed by atoms with van der Waals surface area (Å²) in [4.78, 5) is 2.84. The standard InChI is InChI=1S/C10H13NS/c1-8-5-4-6-9(7-8)10(12)11(2)3/h4-7H,1-3H3. The maximum atomic E-state index is 5.23. The number of nitrogens with zero attached hydrogens (tertiary/aromatic N) is 1. The van der Waals surface area contributed by atoms with E-state index in [1.54, 1.807) is 0 Å². The van der Waals surface area contributed by atoms with Gasteiger partial charge < -0.3 is 4.90 Å². The molecule has 0 heterocycles. The second-order valence-electron chi connectivity index (χ2n) is 3.07. The molecule has 0 bridgehead atoms. The van der Waals surface area contributed by atoms with Crippen LogP contribution in [0.2, 0.25) is 0 Å². The van der Waals surface area contributed by atoms with Crippen molar-refractivity contribution in [3.05, 3.63) is 35.4 Å². The Labute approximate surface area is 79.0 Å². The Morgan fingerprint density at radius 2 is 2.00 bits per heavy atom. The van der Waals surface area contributed by atoms with Gasteiger partial charge in [0.15, 0.2) is 0 Å². The van der Waals surface area contributed by atoms with E-state index in [0.717, 1.165) is 10.6 Å². The van der Waals surface area contributed by atoms with E-state index in [2.05, 4.69) is 19.1 Å². The Bertz CT molecular complexity index is 292. The SMILES string of the molecule is Cc1cccc(C(=S)N(C)C)c1. The molecule has 0 spiro atoms. The Kier molecular flexibility index (Phi) is 2.82. The van der Waals surface area contributed by atoms with Crippen molar-refractivity contribution in [2.75, 3.05) is 14.1 Å². The first kappa shape index (κ1) is 9.20. The van der Waals surface area contributed by atoms with Gasteiger partial charge in [0, 0.05) is 19.7 Å². The van der Waals surface area contributed by atoms with E-state index in [1.807, 2.05) is 31.1 Å². The number of aryl methyl sites for hydroxylation is 1. The molecule has 0 fully saturated rings. The molecule has 0 unspecified atom stereocenters. The van der Waals surface area contributed by atoms with Crippen LogP contribution in [-0.2, 0) is 0 Å². The van der Waals surface area contributed by atoms with Crippen LogP contribution in [0.15, 0.2) is 24.3 Å². The minimum absolute atomic E-state index is 0.888. The predicted octanol–water partition coefficient (Wildman–Crippen LogP) is 2.23. The van der Waals surface area contributed by atoms with E-state index >= 15 is 0 Å². The maximum Gasteiger partial charge on any atom is 0.108 e. The molecule has 0 aliphatic rings. The van der Waals surface area contributed by atoms with E-state index in [-0.39, 0.29) is 0 Å². The van der Waals surface area contributed by atoms with E-state index in [1.165, 1.54) is 5.56 Å². The molecular weight excluding hydrogens is 166 g/mol. The molecule has 0 saturated heterocycles. The molecule has 1 aromatic rings. The van der Waals surface area contributed by atoms with Crippen LogP contribution in [0.3, 0.4) is 0 Å². The van der Waals surface area contributed by atoms with Crippen molar-refractivity contribution in [2.24, 2.45) is 0 Å². The van der Waals surface area contributed by atoms with Gasteiger partial charge >= 0.3 is 0 Å². The monoisotopic (exact) mass is 179 g/mol. The van der Waals surface area contributed by atoms with Crippen LogP contribution in [0.4, 0.5) is 0 Å². The van der Waals surface area contributed by atoms with Crippen LogP contribution in [-0.4, -0.2) is 24.0 Å². The highest BCUT2D eigenvalue weighted by atomic mass is 32.1. The zero-order valence-electron chi connectivity index (χ0n) is 7.66. The lowest BCUT2D eigenvalue weighted by molar-refractivity contribution is 0.636. The van der Waals surface area contributed by atoms with Crippen LogP contribution in [0.5, 0.6) is 0 Å². The number of rotatable bonds is 1. The molecule has 0 aliphatic heterocycles. The highest BCUT2D eigenvalue weighted by Crippen LogP contribution is 2.06. The lowest BCUT2D eigenvalue weighted by Crippen LogP contribution is -2.20. The topological polar surface area (TPSA) is 3.24 Å². The van der Waals surface area contributed by atoms with Crippen molar-refractivity contribution in [1.82, 2.24) is 4.90 Å². The molecule has 0 aliphatic carbocycles. The molecule has 1 nitrogen and oxygen atoms in total. The van der Waals surface area contributed by atoms with Crippen LogP contribution in [0, 0.1) is 6.92 Å². The fourth-order valence-electron chi connectivity index (χ4n) is 1.04. The highest BCUT2D eigenvalue weighted by Gasteiger charge is 2.01. The van der Waals surface area contributed by atoms with Crippen molar-refractivity contribution in [3.8, 4) is 0 Å². The normalized spacial score (nSPS) is 9.58. The molecule has 0 amide bonds. The van der Waals surface area contributed by atoms with Gasteiger partial charge in [0.1, 0.15) is 4.99 Å². The van der Waals surface area contributed by atoms with Crippen molar-refractivity contribution in [3.63, 3.8) is 0 Å². The van der Waals surface area contributed by atoms with E-state index in [9.17, 15) is 0 Å². The molecule has 2 heteroatoms. The second kappa shape index (κ2) is 3.68. The summed E-state index contributed by atoms with van der Waals surface area (Å²) < 4.78 is 0. The summed E-state index contributed by atoms with van der Waals surface area (Å²) in [6, 6.07) is 8.24. The first-order valence-corrected chi connectivity index (χ1v) is 4.30. The first-order valence-electron chi connectivity index (χ1n) is 3.89.